The monoisotopic (exact) mass is 353 g/mol. The highest BCUT2D eigenvalue weighted by Gasteiger charge is 2.47. The summed E-state index contributed by atoms with van der Waals surface area (Å²) in [5.74, 6) is -0.131. The summed E-state index contributed by atoms with van der Waals surface area (Å²) in [4.78, 5) is 12.6. The van der Waals surface area contributed by atoms with Gasteiger partial charge in [-0.05, 0) is 66.1 Å². The Morgan fingerprint density at radius 3 is 2.67 bits per heavy atom. The molecule has 0 aliphatic heterocycles. The Labute approximate surface area is 135 Å². The highest BCUT2D eigenvalue weighted by atomic mass is 79.9. The van der Waals surface area contributed by atoms with Crippen LogP contribution in [-0.4, -0.2) is 18.1 Å². The van der Waals surface area contributed by atoms with Gasteiger partial charge in [0.15, 0.2) is 0 Å². The van der Waals surface area contributed by atoms with Crippen LogP contribution in [0.25, 0.3) is 0 Å². The van der Waals surface area contributed by atoms with E-state index >= 15 is 0 Å². The molecule has 0 aromatic heterocycles. The first-order chi connectivity index (χ1) is 9.88. The predicted octanol–water partition coefficient (Wildman–Crippen LogP) is 4.76. The summed E-state index contributed by atoms with van der Waals surface area (Å²) < 4.78 is 6.34. The van der Waals surface area contributed by atoms with Crippen LogP contribution in [0.4, 0.5) is 5.69 Å². The number of ether oxygens (including phenoxy) is 1. The van der Waals surface area contributed by atoms with E-state index in [1.165, 1.54) is 0 Å². The second kappa shape index (κ2) is 6.39. The molecule has 1 N–H and O–H groups in total. The van der Waals surface area contributed by atoms with E-state index in [1.54, 1.807) is 0 Å². The lowest BCUT2D eigenvalue weighted by molar-refractivity contribution is -0.151. The number of rotatable bonds is 4. The van der Waals surface area contributed by atoms with Gasteiger partial charge in [-0.2, -0.15) is 0 Å². The van der Waals surface area contributed by atoms with Crippen molar-refractivity contribution in [3.63, 3.8) is 0 Å². The number of hydrogen-bond acceptors (Lipinski definition) is 3. The molecule has 1 atom stereocenters. The Bertz CT molecular complexity index is 515. The minimum Gasteiger partial charge on any atom is -0.464 e. The number of hydrogen-bond donors (Lipinski definition) is 1. The Morgan fingerprint density at radius 1 is 1.33 bits per heavy atom. The Balaban J connectivity index is 2.32. The smallest absolute Gasteiger partial charge is 0.331 e. The molecule has 116 valence electrons. The molecule has 0 heterocycles. The van der Waals surface area contributed by atoms with Gasteiger partial charge in [0.1, 0.15) is 5.54 Å². The normalized spacial score (nSPS) is 24.4. The summed E-state index contributed by atoms with van der Waals surface area (Å²) in [5, 5.41) is 3.48. The van der Waals surface area contributed by atoms with Crippen LogP contribution in [0.2, 0.25) is 0 Å². The van der Waals surface area contributed by atoms with Crippen LogP contribution in [0.1, 0.15) is 46.5 Å². The zero-order chi connectivity index (χ0) is 15.5. The number of halogens is 1. The lowest BCUT2D eigenvalue weighted by Gasteiger charge is -2.44. The number of nitrogens with one attached hydrogen (secondary N) is 1. The second-order valence-electron chi connectivity index (χ2n) is 6.60. The quantitative estimate of drug-likeness (QED) is 0.792. The van der Waals surface area contributed by atoms with Crippen molar-refractivity contribution < 1.29 is 9.53 Å². The van der Waals surface area contributed by atoms with E-state index in [0.29, 0.717) is 6.61 Å². The third-order valence-corrected chi connectivity index (χ3v) is 4.84. The van der Waals surface area contributed by atoms with Crippen molar-refractivity contribution >= 4 is 27.6 Å². The molecule has 1 aromatic rings. The molecule has 0 saturated heterocycles. The number of para-hydroxylation sites is 1. The number of esters is 1. The Hall–Kier alpha value is -1.03. The largest absolute Gasteiger partial charge is 0.464 e. The molecule has 21 heavy (non-hydrogen) atoms. The summed E-state index contributed by atoms with van der Waals surface area (Å²) in [7, 11) is 0. The average molecular weight is 354 g/mol. The van der Waals surface area contributed by atoms with Crippen molar-refractivity contribution in [2.45, 2.75) is 52.0 Å². The zero-order valence-corrected chi connectivity index (χ0v) is 14.6. The van der Waals surface area contributed by atoms with E-state index in [2.05, 4.69) is 35.1 Å². The fraction of sp³-hybridized carbons (Fsp3) is 0.588. The highest BCUT2D eigenvalue weighted by Crippen LogP contribution is 2.44. The van der Waals surface area contributed by atoms with Gasteiger partial charge in [-0.25, -0.2) is 4.79 Å². The first-order valence-electron chi connectivity index (χ1n) is 7.58. The molecule has 0 radical (unpaired) electrons. The van der Waals surface area contributed by atoms with E-state index in [0.717, 1.165) is 35.8 Å². The molecule has 1 aliphatic carbocycles. The molecule has 1 aromatic carbocycles. The van der Waals surface area contributed by atoms with Gasteiger partial charge in [-0.15, -0.1) is 0 Å². The molecular weight excluding hydrogens is 330 g/mol. The first-order valence-corrected chi connectivity index (χ1v) is 8.38. The standard InChI is InChI=1S/C17H24BrNO2/c1-4-21-15(20)17(11-7-10-16(2,3)12-17)19-14-9-6-5-8-13(14)18/h5-6,8-9,19H,4,7,10-12H2,1-3H3. The maximum atomic E-state index is 12.6. The maximum absolute atomic E-state index is 12.6. The van der Waals surface area contributed by atoms with Crippen LogP contribution < -0.4 is 5.32 Å². The molecule has 1 fully saturated rings. The molecule has 4 heteroatoms. The van der Waals surface area contributed by atoms with Crippen molar-refractivity contribution in [1.82, 2.24) is 0 Å². The van der Waals surface area contributed by atoms with Gasteiger partial charge in [0.25, 0.3) is 0 Å². The molecule has 1 saturated carbocycles. The summed E-state index contributed by atoms with van der Waals surface area (Å²) in [5.41, 5.74) is 0.462. The Morgan fingerprint density at radius 2 is 2.05 bits per heavy atom. The predicted molar refractivity (Wildman–Crippen MR) is 89.4 cm³/mol. The third-order valence-electron chi connectivity index (χ3n) is 4.15. The first kappa shape index (κ1) is 16.3. The Kier molecular flexibility index (Phi) is 4.97. The fourth-order valence-electron chi connectivity index (χ4n) is 3.28. The molecule has 0 spiro atoms. The fourth-order valence-corrected chi connectivity index (χ4v) is 3.67. The summed E-state index contributed by atoms with van der Waals surface area (Å²) in [6.07, 6.45) is 3.78. The maximum Gasteiger partial charge on any atom is 0.331 e. The summed E-state index contributed by atoms with van der Waals surface area (Å²) >= 11 is 3.55. The number of carbonyl (C=O) groups excluding carboxylic acids is 1. The van der Waals surface area contributed by atoms with E-state index in [4.69, 9.17) is 4.74 Å². The minimum atomic E-state index is -0.623. The molecule has 0 bridgehead atoms. The molecular formula is C17H24BrNO2. The molecule has 0 amide bonds. The minimum absolute atomic E-state index is 0.131. The van der Waals surface area contributed by atoms with Crippen LogP contribution in [0.5, 0.6) is 0 Å². The number of anilines is 1. The van der Waals surface area contributed by atoms with Gasteiger partial charge in [-0.3, -0.25) is 0 Å². The van der Waals surface area contributed by atoms with Crippen molar-refractivity contribution in [3.8, 4) is 0 Å². The third kappa shape index (κ3) is 3.79. The van der Waals surface area contributed by atoms with Crippen LogP contribution >= 0.6 is 15.9 Å². The van der Waals surface area contributed by atoms with Crippen molar-refractivity contribution in [3.05, 3.63) is 28.7 Å². The molecule has 3 nitrogen and oxygen atoms in total. The van der Waals surface area contributed by atoms with Crippen LogP contribution in [0, 0.1) is 5.41 Å². The highest BCUT2D eigenvalue weighted by molar-refractivity contribution is 9.10. The lowest BCUT2D eigenvalue weighted by Crippen LogP contribution is -2.52. The van der Waals surface area contributed by atoms with Crippen molar-refractivity contribution in [2.24, 2.45) is 5.41 Å². The number of benzene rings is 1. The van der Waals surface area contributed by atoms with Crippen LogP contribution in [0.3, 0.4) is 0 Å². The molecule has 1 aliphatic rings. The van der Waals surface area contributed by atoms with E-state index in [9.17, 15) is 4.79 Å². The summed E-state index contributed by atoms with van der Waals surface area (Å²) in [6, 6.07) is 7.92. The van der Waals surface area contributed by atoms with Crippen molar-refractivity contribution in [2.75, 3.05) is 11.9 Å². The van der Waals surface area contributed by atoms with Gasteiger partial charge in [0.2, 0.25) is 0 Å². The number of carbonyl (C=O) groups is 1. The van der Waals surface area contributed by atoms with E-state index in [1.807, 2.05) is 31.2 Å². The molecule has 2 rings (SSSR count). The topological polar surface area (TPSA) is 38.3 Å². The molecule has 1 unspecified atom stereocenters. The van der Waals surface area contributed by atoms with Gasteiger partial charge in [0, 0.05) is 10.2 Å². The second-order valence-corrected chi connectivity index (χ2v) is 7.46. The zero-order valence-electron chi connectivity index (χ0n) is 13.0. The lowest BCUT2D eigenvalue weighted by atomic mass is 9.68. The average Bonchev–Trinajstić information content (AvgIpc) is 2.40. The SMILES string of the molecule is CCOC(=O)C1(Nc2ccccc2Br)CCCC(C)(C)C1. The van der Waals surface area contributed by atoms with E-state index < -0.39 is 5.54 Å². The van der Waals surface area contributed by atoms with Crippen LogP contribution in [-0.2, 0) is 9.53 Å². The van der Waals surface area contributed by atoms with Gasteiger partial charge < -0.3 is 10.1 Å². The van der Waals surface area contributed by atoms with E-state index in [-0.39, 0.29) is 11.4 Å². The van der Waals surface area contributed by atoms with Crippen LogP contribution in [0.15, 0.2) is 28.7 Å². The van der Waals surface area contributed by atoms with Crippen molar-refractivity contribution in [1.29, 1.82) is 0 Å². The van der Waals surface area contributed by atoms with Gasteiger partial charge in [-0.1, -0.05) is 26.0 Å². The summed E-state index contributed by atoms with van der Waals surface area (Å²) in [6.45, 7) is 6.72. The van der Waals surface area contributed by atoms with Gasteiger partial charge in [0.05, 0.1) is 6.61 Å². The van der Waals surface area contributed by atoms with Gasteiger partial charge >= 0.3 is 5.97 Å².